The van der Waals surface area contributed by atoms with Crippen LogP contribution in [0.2, 0.25) is 21.0 Å². The van der Waals surface area contributed by atoms with E-state index in [1.807, 2.05) is 19.9 Å². The van der Waals surface area contributed by atoms with E-state index in [0.717, 1.165) is 28.0 Å². The summed E-state index contributed by atoms with van der Waals surface area (Å²) in [6.07, 6.45) is 8.17. The molecule has 0 amide bonds. The lowest BCUT2D eigenvalue weighted by Crippen LogP contribution is -1.89. The van der Waals surface area contributed by atoms with E-state index in [2.05, 4.69) is 63.6 Å². The van der Waals surface area contributed by atoms with Gasteiger partial charge in [-0.2, -0.15) is 0 Å². The minimum absolute atomic E-state index is 0. The van der Waals surface area contributed by atoms with Gasteiger partial charge in [0.1, 0.15) is 39.8 Å². The van der Waals surface area contributed by atoms with Crippen LogP contribution in [-0.4, -0.2) is 39.9 Å². The van der Waals surface area contributed by atoms with Crippen molar-refractivity contribution in [1.29, 1.82) is 0 Å². The first-order chi connectivity index (χ1) is 27.4. The molecule has 0 bridgehead atoms. The molecule has 0 atom stereocenters. The Morgan fingerprint density at radius 3 is 1.33 bits per heavy atom. The van der Waals surface area contributed by atoms with E-state index in [-0.39, 0.29) is 55.6 Å². The molecule has 0 aliphatic rings. The highest BCUT2D eigenvalue weighted by atomic mass is 35.5. The molecule has 0 spiro atoms. The Morgan fingerprint density at radius 1 is 0.483 bits per heavy atom. The van der Waals surface area contributed by atoms with Gasteiger partial charge in [0.05, 0.1) is 5.69 Å². The summed E-state index contributed by atoms with van der Waals surface area (Å²) in [4.78, 5) is 30.9. The Morgan fingerprint density at radius 2 is 0.900 bits per heavy atom. The zero-order valence-corrected chi connectivity index (χ0v) is 32.9. The second kappa shape index (κ2) is 27.5. The molecular formula is C45H39Cl4F3N8. The Hall–Kier alpha value is -6.21. The number of aromatic nitrogens is 8. The van der Waals surface area contributed by atoms with Crippen LogP contribution in [-0.2, 0) is 0 Å². The van der Waals surface area contributed by atoms with Crippen LogP contribution in [0, 0.1) is 48.1 Å². The predicted octanol–water partition coefficient (Wildman–Crippen LogP) is 12.5. The Kier molecular flexibility index (Phi) is 23.7. The molecule has 0 unspecified atom stereocenters. The van der Waals surface area contributed by atoms with Crippen molar-refractivity contribution in [3.05, 3.63) is 200 Å². The maximum Gasteiger partial charge on any atom is 0.223 e. The van der Waals surface area contributed by atoms with Gasteiger partial charge in [0.25, 0.3) is 0 Å². The number of hydrogen-bond donors (Lipinski definition) is 0. The topological polar surface area (TPSA) is 103 Å². The number of nitrogens with zero attached hydrogens (tertiary/aromatic N) is 8. The molecule has 308 valence electrons. The highest BCUT2D eigenvalue weighted by Crippen LogP contribution is 2.17. The first kappa shape index (κ1) is 51.8. The summed E-state index contributed by atoms with van der Waals surface area (Å²) in [6.45, 7) is 3.74. The molecule has 0 aliphatic heterocycles. The third kappa shape index (κ3) is 20.0. The van der Waals surface area contributed by atoms with Gasteiger partial charge in [-0.1, -0.05) is 57.9 Å². The van der Waals surface area contributed by atoms with E-state index in [1.54, 1.807) is 73.1 Å². The molecule has 4 heterocycles. The Labute approximate surface area is 369 Å². The highest BCUT2D eigenvalue weighted by molar-refractivity contribution is 6.31. The maximum atomic E-state index is 12.8. The van der Waals surface area contributed by atoms with Crippen molar-refractivity contribution in [3.8, 4) is 23.7 Å². The summed E-state index contributed by atoms with van der Waals surface area (Å²) in [5.74, 6) is 11.4. The highest BCUT2D eigenvalue weighted by Gasteiger charge is 1.99. The first-order valence-electron chi connectivity index (χ1n) is 16.3. The minimum Gasteiger partial charge on any atom is -0.242 e. The molecule has 0 aliphatic carbocycles. The summed E-state index contributed by atoms with van der Waals surface area (Å²) in [5.41, 5.74) is 5.34. The summed E-state index contributed by atoms with van der Waals surface area (Å²) >= 11 is 22.0. The molecule has 7 aromatic rings. The molecule has 0 N–H and O–H groups in total. The quantitative estimate of drug-likeness (QED) is 0.0960. The first-order valence-corrected chi connectivity index (χ1v) is 17.8. The lowest BCUT2D eigenvalue weighted by atomic mass is 10.1. The molecule has 3 aromatic carbocycles. The van der Waals surface area contributed by atoms with Crippen molar-refractivity contribution in [3.63, 3.8) is 0 Å². The molecule has 0 saturated heterocycles. The summed E-state index contributed by atoms with van der Waals surface area (Å²) in [6, 6.07) is 25.0. The zero-order chi connectivity index (χ0) is 41.0. The fourth-order valence-corrected chi connectivity index (χ4v) is 4.66. The van der Waals surface area contributed by atoms with E-state index >= 15 is 0 Å². The van der Waals surface area contributed by atoms with Gasteiger partial charge < -0.3 is 0 Å². The molecule has 15 heteroatoms. The van der Waals surface area contributed by atoms with Gasteiger partial charge in [-0.25, -0.2) is 53.0 Å². The predicted molar refractivity (Wildman–Crippen MR) is 238 cm³/mol. The van der Waals surface area contributed by atoms with Crippen molar-refractivity contribution < 1.29 is 13.2 Å². The molecule has 0 radical (unpaired) electrons. The van der Waals surface area contributed by atoms with Crippen LogP contribution in [0.5, 0.6) is 0 Å². The number of hydrogen-bond acceptors (Lipinski definition) is 8. The summed E-state index contributed by atoms with van der Waals surface area (Å²) < 4.78 is 38.0. The number of halogens is 7. The average molecular weight is 891 g/mol. The monoisotopic (exact) mass is 888 g/mol. The van der Waals surface area contributed by atoms with Gasteiger partial charge in [-0.3, -0.25) is 0 Å². The van der Waals surface area contributed by atoms with Gasteiger partial charge in [0, 0.05) is 35.9 Å². The van der Waals surface area contributed by atoms with Gasteiger partial charge >= 0.3 is 0 Å². The standard InChI is InChI=1S/C13H10ClFN2.C13H9FN2.C12H6ClFN2.C4H2Cl2N2.3CH4/c1-9(10-2-4-11(15)5-3-10)8-12-6-7-16-13(14)17-12;1-10-15-9-8-13(16-10)7-4-11-2-5-12(14)6-3-11;13-12-15-8-7-11(16-12)6-3-9-1-4-10(14)5-2-9;5-3-1-2-7-4(6)8-3;;;/h2-8H,1H3;2-3,5-6,8-9H,1H3;1-2,4-5,7-8H;1-2H;3*1H4/b9-8+;;;;;;. The van der Waals surface area contributed by atoms with Crippen molar-refractivity contribution in [1.82, 2.24) is 39.9 Å². The van der Waals surface area contributed by atoms with E-state index in [9.17, 15) is 13.2 Å². The van der Waals surface area contributed by atoms with Gasteiger partial charge in [0.15, 0.2) is 0 Å². The van der Waals surface area contributed by atoms with Crippen molar-refractivity contribution in [2.24, 2.45) is 0 Å². The fraction of sp³-hybridized carbons (Fsp3) is 0.111. The number of benzene rings is 3. The Balaban J connectivity index is 0.000000404. The normalized spacial score (nSPS) is 9.52. The SMILES string of the molecule is C.C.C.C/C(=C\c1ccnc(Cl)n1)c1ccc(F)cc1.Cc1nccc(C#Cc2ccc(F)cc2)n1.Clc1ccnc(Cl)n1.Fc1ccc(C#Cc2ccnc(Cl)n2)cc1. The molecular weight excluding hydrogens is 851 g/mol. The summed E-state index contributed by atoms with van der Waals surface area (Å²) in [5, 5.41) is 0.916. The zero-order valence-electron chi connectivity index (χ0n) is 29.8. The van der Waals surface area contributed by atoms with Crippen LogP contribution in [0.15, 0.2) is 122 Å². The number of rotatable bonds is 2. The van der Waals surface area contributed by atoms with Crippen molar-refractivity contribution >= 4 is 58.1 Å². The van der Waals surface area contributed by atoms with E-state index in [0.29, 0.717) is 22.4 Å². The second-order valence-electron chi connectivity index (χ2n) is 10.9. The van der Waals surface area contributed by atoms with Crippen molar-refractivity contribution in [2.45, 2.75) is 36.1 Å². The van der Waals surface area contributed by atoms with E-state index in [1.165, 1.54) is 48.8 Å². The van der Waals surface area contributed by atoms with Crippen LogP contribution in [0.25, 0.3) is 11.6 Å². The Bertz CT molecular complexity index is 2410. The lowest BCUT2D eigenvalue weighted by molar-refractivity contribution is 0.627. The second-order valence-corrected chi connectivity index (χ2v) is 12.3. The maximum absolute atomic E-state index is 12.8. The molecule has 60 heavy (non-hydrogen) atoms. The number of allylic oxidation sites excluding steroid dienone is 1. The smallest absolute Gasteiger partial charge is 0.223 e. The van der Waals surface area contributed by atoms with Gasteiger partial charge in [-0.05, 0) is 163 Å². The van der Waals surface area contributed by atoms with Crippen LogP contribution >= 0.6 is 46.4 Å². The largest absolute Gasteiger partial charge is 0.242 e. The summed E-state index contributed by atoms with van der Waals surface area (Å²) in [7, 11) is 0. The van der Waals surface area contributed by atoms with Crippen molar-refractivity contribution in [2.75, 3.05) is 0 Å². The van der Waals surface area contributed by atoms with Crippen LogP contribution in [0.1, 0.15) is 68.8 Å². The fourth-order valence-electron chi connectivity index (χ4n) is 4.03. The molecule has 0 saturated carbocycles. The van der Waals surface area contributed by atoms with E-state index < -0.39 is 0 Å². The number of aryl methyl sites for hydroxylation is 1. The van der Waals surface area contributed by atoms with Gasteiger partial charge in [-0.15, -0.1) is 0 Å². The molecule has 7 rings (SSSR count). The van der Waals surface area contributed by atoms with E-state index in [4.69, 9.17) is 46.4 Å². The minimum atomic E-state index is -0.282. The lowest BCUT2D eigenvalue weighted by Gasteiger charge is -2.01. The third-order valence-corrected chi connectivity index (χ3v) is 7.42. The average Bonchev–Trinajstić information content (AvgIpc) is 3.19. The molecule has 8 nitrogen and oxygen atoms in total. The molecule has 0 fully saturated rings. The van der Waals surface area contributed by atoms with Gasteiger partial charge in [0.2, 0.25) is 15.9 Å². The van der Waals surface area contributed by atoms with Crippen LogP contribution in [0.4, 0.5) is 13.2 Å². The van der Waals surface area contributed by atoms with Crippen LogP contribution in [0.3, 0.4) is 0 Å². The third-order valence-electron chi connectivity index (χ3n) is 6.66. The molecule has 4 aromatic heterocycles. The van der Waals surface area contributed by atoms with Crippen LogP contribution < -0.4 is 0 Å².